The number of amidine groups is 1. The summed E-state index contributed by atoms with van der Waals surface area (Å²) in [4.78, 5) is 13.2. The Morgan fingerprint density at radius 2 is 2.47 bits per heavy atom. The molecule has 0 radical (unpaired) electrons. The van der Waals surface area contributed by atoms with E-state index in [2.05, 4.69) is 28.1 Å². The van der Waals surface area contributed by atoms with E-state index in [-0.39, 0.29) is 11.0 Å². The quantitative estimate of drug-likeness (QED) is 0.430. The fourth-order valence-electron chi connectivity index (χ4n) is 1.09. The fraction of sp³-hybridized carbons (Fsp3) is 0. The van der Waals surface area contributed by atoms with Gasteiger partial charge in [-0.2, -0.15) is 0 Å². The zero-order valence-electron chi connectivity index (χ0n) is 8.47. The van der Waals surface area contributed by atoms with Crippen LogP contribution < -0.4 is 16.5 Å². The molecule has 1 aliphatic rings. The molecule has 1 amide bonds. The van der Waals surface area contributed by atoms with Crippen LogP contribution in [-0.4, -0.2) is 16.2 Å². The van der Waals surface area contributed by atoms with Crippen molar-refractivity contribution in [2.75, 3.05) is 0 Å². The Bertz CT molecular complexity index is 506. The third-order valence-electron chi connectivity index (χ3n) is 1.74. The van der Waals surface area contributed by atoms with Crippen LogP contribution in [0.4, 0.5) is 0 Å². The molecule has 4 N–H and O–H groups in total. The Labute approximate surface area is 111 Å². The standard InChI is InChI=1S/C9H8N4OS3/c10-8(15)12-13-9-11-7(14)6(17-9)4-5-2-1-3-16-5/h1-4H,(H3,10,12,15)(H,11,13,14)/b6-4-. The van der Waals surface area contributed by atoms with Crippen LogP contribution in [0.2, 0.25) is 0 Å². The van der Waals surface area contributed by atoms with Gasteiger partial charge in [-0.05, 0) is 41.5 Å². The van der Waals surface area contributed by atoms with E-state index in [4.69, 9.17) is 5.73 Å². The molecule has 2 heterocycles. The number of thiocarbonyl (C=S) groups is 1. The lowest BCUT2D eigenvalue weighted by Gasteiger charge is -1.95. The number of thioether (sulfide) groups is 1. The molecular formula is C9H8N4OS3. The molecule has 0 atom stereocenters. The Kier molecular flexibility index (Phi) is 3.77. The second-order valence-electron chi connectivity index (χ2n) is 2.97. The van der Waals surface area contributed by atoms with Crippen molar-refractivity contribution in [3.8, 4) is 0 Å². The van der Waals surface area contributed by atoms with Gasteiger partial charge in [0.25, 0.3) is 5.91 Å². The zero-order valence-corrected chi connectivity index (χ0v) is 10.9. The molecule has 8 heteroatoms. The van der Waals surface area contributed by atoms with Gasteiger partial charge >= 0.3 is 0 Å². The Balaban J connectivity index is 2.10. The lowest BCUT2D eigenvalue weighted by Crippen LogP contribution is -2.28. The summed E-state index contributed by atoms with van der Waals surface area (Å²) >= 11 is 7.41. The van der Waals surface area contributed by atoms with Crippen molar-refractivity contribution in [1.29, 1.82) is 0 Å². The van der Waals surface area contributed by atoms with Gasteiger partial charge in [0.05, 0.1) is 4.91 Å². The van der Waals surface area contributed by atoms with Gasteiger partial charge in [0.1, 0.15) is 0 Å². The van der Waals surface area contributed by atoms with Crippen molar-refractivity contribution in [2.24, 2.45) is 10.8 Å². The number of carbonyl (C=O) groups is 1. The summed E-state index contributed by atoms with van der Waals surface area (Å²) in [6, 6.07) is 3.87. The lowest BCUT2D eigenvalue weighted by molar-refractivity contribution is -0.115. The number of hydrogen-bond donors (Lipinski definition) is 3. The van der Waals surface area contributed by atoms with Gasteiger partial charge in [0, 0.05) is 4.88 Å². The number of amides is 1. The van der Waals surface area contributed by atoms with Crippen molar-refractivity contribution in [2.45, 2.75) is 0 Å². The van der Waals surface area contributed by atoms with Gasteiger partial charge in [0.15, 0.2) is 10.3 Å². The van der Waals surface area contributed by atoms with Gasteiger partial charge in [-0.15, -0.1) is 16.4 Å². The third-order valence-corrected chi connectivity index (χ3v) is 3.56. The monoisotopic (exact) mass is 284 g/mol. The molecule has 0 bridgehead atoms. The van der Waals surface area contributed by atoms with Crippen molar-refractivity contribution < 1.29 is 4.79 Å². The fourth-order valence-corrected chi connectivity index (χ4v) is 2.64. The van der Waals surface area contributed by atoms with Crippen LogP contribution in [-0.2, 0) is 4.79 Å². The smallest absolute Gasteiger partial charge is 0.264 e. The first-order chi connectivity index (χ1) is 8.15. The van der Waals surface area contributed by atoms with Crippen LogP contribution in [0.15, 0.2) is 27.5 Å². The maximum atomic E-state index is 11.6. The summed E-state index contributed by atoms with van der Waals surface area (Å²) in [6.07, 6.45) is 1.81. The van der Waals surface area contributed by atoms with Crippen LogP contribution in [0.25, 0.3) is 6.08 Å². The highest BCUT2D eigenvalue weighted by Gasteiger charge is 2.23. The van der Waals surface area contributed by atoms with E-state index in [0.29, 0.717) is 10.1 Å². The first-order valence-electron chi connectivity index (χ1n) is 4.52. The van der Waals surface area contributed by atoms with Crippen molar-refractivity contribution >= 4 is 57.6 Å². The van der Waals surface area contributed by atoms with E-state index < -0.39 is 0 Å². The van der Waals surface area contributed by atoms with E-state index >= 15 is 0 Å². The summed E-state index contributed by atoms with van der Waals surface area (Å²) < 4.78 is 0. The van der Waals surface area contributed by atoms with E-state index in [0.717, 1.165) is 4.88 Å². The number of rotatable bonds is 2. The molecule has 1 aromatic heterocycles. The molecule has 2 rings (SSSR count). The van der Waals surface area contributed by atoms with E-state index in [1.807, 2.05) is 23.6 Å². The van der Waals surface area contributed by atoms with Crippen LogP contribution in [0.3, 0.4) is 0 Å². The number of nitrogens with one attached hydrogen (secondary N) is 2. The minimum atomic E-state index is -0.174. The molecule has 1 aromatic rings. The first-order valence-corrected chi connectivity index (χ1v) is 6.63. The van der Waals surface area contributed by atoms with Crippen LogP contribution in [0.5, 0.6) is 0 Å². The summed E-state index contributed by atoms with van der Waals surface area (Å²) in [5.74, 6) is -0.174. The first kappa shape index (κ1) is 12.1. The van der Waals surface area contributed by atoms with Gasteiger partial charge in [-0.3, -0.25) is 15.5 Å². The number of hydrazone groups is 1. The number of carbonyl (C=O) groups excluding carboxylic acids is 1. The lowest BCUT2D eigenvalue weighted by atomic mass is 10.4. The molecular weight excluding hydrogens is 276 g/mol. The highest BCUT2D eigenvalue weighted by molar-refractivity contribution is 8.18. The average Bonchev–Trinajstić information content (AvgIpc) is 2.87. The summed E-state index contributed by atoms with van der Waals surface area (Å²) in [5.41, 5.74) is 7.65. The van der Waals surface area contributed by atoms with Crippen molar-refractivity contribution in [1.82, 2.24) is 10.7 Å². The molecule has 1 saturated heterocycles. The molecule has 1 fully saturated rings. The number of thiophene rings is 1. The molecule has 0 unspecified atom stereocenters. The third kappa shape index (κ3) is 3.29. The predicted octanol–water partition coefficient (Wildman–Crippen LogP) is 1.06. The van der Waals surface area contributed by atoms with Gasteiger partial charge in [0.2, 0.25) is 0 Å². The van der Waals surface area contributed by atoms with E-state index in [1.54, 1.807) is 11.3 Å². The number of nitrogens with two attached hydrogens (primary N) is 1. The zero-order chi connectivity index (χ0) is 12.3. The van der Waals surface area contributed by atoms with Crippen molar-refractivity contribution in [3.63, 3.8) is 0 Å². The molecule has 88 valence electrons. The summed E-state index contributed by atoms with van der Waals surface area (Å²) in [6.45, 7) is 0. The van der Waals surface area contributed by atoms with E-state index in [1.165, 1.54) is 11.8 Å². The Morgan fingerprint density at radius 3 is 3.12 bits per heavy atom. The molecule has 17 heavy (non-hydrogen) atoms. The van der Waals surface area contributed by atoms with Crippen molar-refractivity contribution in [3.05, 3.63) is 27.3 Å². The van der Waals surface area contributed by atoms with Gasteiger partial charge in [-0.25, -0.2) is 0 Å². The number of nitrogens with zero attached hydrogens (tertiary/aromatic N) is 1. The SMILES string of the molecule is NC(=S)N/N=C1\NC(=O)/C(=C/c2cccs2)S1. The molecule has 1 aliphatic heterocycles. The maximum absolute atomic E-state index is 11.6. The van der Waals surface area contributed by atoms with Gasteiger partial charge in [-0.1, -0.05) is 6.07 Å². The van der Waals surface area contributed by atoms with E-state index in [9.17, 15) is 4.79 Å². The second kappa shape index (κ2) is 5.30. The topological polar surface area (TPSA) is 79.5 Å². The molecule has 0 aromatic carbocycles. The molecule has 5 nitrogen and oxygen atoms in total. The van der Waals surface area contributed by atoms with Crippen LogP contribution >= 0.6 is 35.3 Å². The average molecular weight is 284 g/mol. The van der Waals surface area contributed by atoms with Gasteiger partial charge < -0.3 is 5.73 Å². The Hall–Kier alpha value is -1.38. The second-order valence-corrected chi connectivity index (χ2v) is 5.42. The number of hydrogen-bond acceptors (Lipinski definition) is 5. The predicted molar refractivity (Wildman–Crippen MR) is 75.4 cm³/mol. The molecule has 0 saturated carbocycles. The highest BCUT2D eigenvalue weighted by Crippen LogP contribution is 2.26. The minimum Gasteiger partial charge on any atom is -0.375 e. The molecule has 0 aliphatic carbocycles. The Morgan fingerprint density at radius 1 is 1.65 bits per heavy atom. The largest absolute Gasteiger partial charge is 0.375 e. The summed E-state index contributed by atoms with van der Waals surface area (Å²) in [7, 11) is 0. The minimum absolute atomic E-state index is 0.0584. The summed E-state index contributed by atoms with van der Waals surface area (Å²) in [5, 5.41) is 8.90. The normalized spacial score (nSPS) is 19.6. The van der Waals surface area contributed by atoms with Crippen LogP contribution in [0, 0.1) is 0 Å². The highest BCUT2D eigenvalue weighted by atomic mass is 32.2. The maximum Gasteiger partial charge on any atom is 0.264 e. The molecule has 0 spiro atoms. The van der Waals surface area contributed by atoms with Crippen LogP contribution in [0.1, 0.15) is 4.88 Å².